The molecule has 16 heavy (non-hydrogen) atoms. The summed E-state index contributed by atoms with van der Waals surface area (Å²) in [5.41, 5.74) is 1.19. The van der Waals surface area contributed by atoms with Crippen LogP contribution in [0.15, 0.2) is 24.3 Å². The smallest absolute Gasteiger partial charge is 0.123 e. The Kier molecular flexibility index (Phi) is 3.59. The van der Waals surface area contributed by atoms with Crippen molar-refractivity contribution in [2.75, 3.05) is 0 Å². The zero-order chi connectivity index (χ0) is 11.5. The molecule has 0 aromatic heterocycles. The number of rotatable bonds is 5. The van der Waals surface area contributed by atoms with Gasteiger partial charge in [0.1, 0.15) is 5.82 Å². The van der Waals surface area contributed by atoms with Gasteiger partial charge < -0.3 is 5.32 Å². The number of hydrogen-bond acceptors (Lipinski definition) is 1. The minimum Gasteiger partial charge on any atom is -0.307 e. The second-order valence-electron chi connectivity index (χ2n) is 4.81. The van der Waals surface area contributed by atoms with Crippen molar-refractivity contribution in [1.82, 2.24) is 5.32 Å². The lowest BCUT2D eigenvalue weighted by Gasteiger charge is -2.22. The van der Waals surface area contributed by atoms with Crippen molar-refractivity contribution in [2.45, 2.75) is 45.2 Å². The van der Waals surface area contributed by atoms with E-state index in [-0.39, 0.29) is 5.82 Å². The van der Waals surface area contributed by atoms with Gasteiger partial charge in [0.25, 0.3) is 0 Å². The summed E-state index contributed by atoms with van der Waals surface area (Å²) in [5, 5.41) is 3.64. The highest BCUT2D eigenvalue weighted by Gasteiger charge is 2.29. The molecule has 1 nitrogen and oxygen atoms in total. The molecule has 0 amide bonds. The second kappa shape index (κ2) is 4.96. The summed E-state index contributed by atoms with van der Waals surface area (Å²) in [6.07, 6.45) is 3.75. The molecule has 1 N–H and O–H groups in total. The molecule has 0 bridgehead atoms. The zero-order valence-electron chi connectivity index (χ0n) is 10.0. The Morgan fingerprint density at radius 1 is 1.31 bits per heavy atom. The second-order valence-corrected chi connectivity index (χ2v) is 4.81. The lowest BCUT2D eigenvalue weighted by molar-refractivity contribution is 0.414. The molecule has 2 atom stereocenters. The topological polar surface area (TPSA) is 12.0 Å². The highest BCUT2D eigenvalue weighted by atomic mass is 19.1. The number of nitrogens with one attached hydrogen (secondary N) is 1. The molecule has 2 unspecified atom stereocenters. The molecule has 0 heterocycles. The quantitative estimate of drug-likeness (QED) is 0.800. The van der Waals surface area contributed by atoms with Gasteiger partial charge in [0.05, 0.1) is 0 Å². The van der Waals surface area contributed by atoms with Gasteiger partial charge >= 0.3 is 0 Å². The normalized spacial score (nSPS) is 19.4. The summed E-state index contributed by atoms with van der Waals surface area (Å²) in [6.45, 7) is 4.42. The lowest BCUT2D eigenvalue weighted by atomic mass is 10.0. The summed E-state index contributed by atoms with van der Waals surface area (Å²) in [7, 11) is 0. The highest BCUT2D eigenvalue weighted by molar-refractivity contribution is 5.20. The number of halogens is 1. The maximum atomic E-state index is 12.8. The molecule has 1 aliphatic carbocycles. The van der Waals surface area contributed by atoms with Gasteiger partial charge in [-0.05, 0) is 49.8 Å². The molecule has 2 rings (SSSR count). The SMILES string of the molecule is CCC(NC(C)C1CC1)c1ccc(F)cc1. The molecular weight excluding hydrogens is 201 g/mol. The summed E-state index contributed by atoms with van der Waals surface area (Å²) >= 11 is 0. The minimum absolute atomic E-state index is 0.158. The highest BCUT2D eigenvalue weighted by Crippen LogP contribution is 2.33. The van der Waals surface area contributed by atoms with E-state index in [1.165, 1.54) is 18.4 Å². The van der Waals surface area contributed by atoms with Gasteiger partial charge in [-0.2, -0.15) is 0 Å². The van der Waals surface area contributed by atoms with Crippen molar-refractivity contribution in [3.63, 3.8) is 0 Å². The van der Waals surface area contributed by atoms with E-state index in [4.69, 9.17) is 0 Å². The molecule has 1 fully saturated rings. The Bertz CT molecular complexity index is 329. The van der Waals surface area contributed by atoms with Gasteiger partial charge in [-0.3, -0.25) is 0 Å². The van der Waals surface area contributed by atoms with Crippen LogP contribution in [-0.4, -0.2) is 6.04 Å². The third kappa shape index (κ3) is 2.82. The van der Waals surface area contributed by atoms with E-state index in [1.807, 2.05) is 12.1 Å². The van der Waals surface area contributed by atoms with Gasteiger partial charge in [-0.15, -0.1) is 0 Å². The van der Waals surface area contributed by atoms with E-state index in [0.717, 1.165) is 12.3 Å². The molecule has 0 spiro atoms. The van der Waals surface area contributed by atoms with Gasteiger partial charge in [-0.1, -0.05) is 19.1 Å². The van der Waals surface area contributed by atoms with E-state index < -0.39 is 0 Å². The van der Waals surface area contributed by atoms with Crippen LogP contribution in [0.25, 0.3) is 0 Å². The Balaban J connectivity index is 2.00. The Morgan fingerprint density at radius 2 is 1.94 bits per heavy atom. The Hall–Kier alpha value is -0.890. The van der Waals surface area contributed by atoms with Crippen LogP contribution in [0.2, 0.25) is 0 Å². The molecule has 0 aliphatic heterocycles. The third-order valence-corrected chi connectivity index (χ3v) is 3.47. The van der Waals surface area contributed by atoms with Crippen molar-refractivity contribution in [1.29, 1.82) is 0 Å². The molecule has 1 aromatic rings. The van der Waals surface area contributed by atoms with Crippen LogP contribution in [0.5, 0.6) is 0 Å². The van der Waals surface area contributed by atoms with Crippen molar-refractivity contribution < 1.29 is 4.39 Å². The largest absolute Gasteiger partial charge is 0.307 e. The fourth-order valence-electron chi connectivity index (χ4n) is 2.19. The summed E-state index contributed by atoms with van der Waals surface area (Å²) in [4.78, 5) is 0. The van der Waals surface area contributed by atoms with Gasteiger partial charge in [0.15, 0.2) is 0 Å². The average molecular weight is 221 g/mol. The molecule has 1 aromatic carbocycles. The van der Waals surface area contributed by atoms with Crippen LogP contribution >= 0.6 is 0 Å². The van der Waals surface area contributed by atoms with E-state index in [0.29, 0.717) is 12.1 Å². The first-order chi connectivity index (χ1) is 7.70. The van der Waals surface area contributed by atoms with E-state index in [1.54, 1.807) is 12.1 Å². The lowest BCUT2D eigenvalue weighted by Crippen LogP contribution is -2.31. The summed E-state index contributed by atoms with van der Waals surface area (Å²) in [5.74, 6) is 0.698. The first-order valence-electron chi connectivity index (χ1n) is 6.22. The summed E-state index contributed by atoms with van der Waals surface area (Å²) in [6, 6.07) is 7.79. The van der Waals surface area contributed by atoms with Gasteiger partial charge in [0, 0.05) is 12.1 Å². The van der Waals surface area contributed by atoms with Crippen LogP contribution in [0, 0.1) is 11.7 Å². The van der Waals surface area contributed by atoms with E-state index in [2.05, 4.69) is 19.2 Å². The monoisotopic (exact) mass is 221 g/mol. The molecule has 2 heteroatoms. The van der Waals surface area contributed by atoms with Crippen LogP contribution < -0.4 is 5.32 Å². The van der Waals surface area contributed by atoms with Crippen molar-refractivity contribution >= 4 is 0 Å². The fourth-order valence-corrected chi connectivity index (χ4v) is 2.19. The summed E-state index contributed by atoms with van der Waals surface area (Å²) < 4.78 is 12.8. The zero-order valence-corrected chi connectivity index (χ0v) is 10.0. The van der Waals surface area contributed by atoms with Crippen molar-refractivity contribution in [3.8, 4) is 0 Å². The Morgan fingerprint density at radius 3 is 2.44 bits per heavy atom. The third-order valence-electron chi connectivity index (χ3n) is 3.47. The maximum Gasteiger partial charge on any atom is 0.123 e. The molecule has 0 saturated heterocycles. The van der Waals surface area contributed by atoms with Crippen molar-refractivity contribution in [2.24, 2.45) is 5.92 Å². The van der Waals surface area contributed by atoms with Crippen LogP contribution in [0.4, 0.5) is 4.39 Å². The van der Waals surface area contributed by atoms with Crippen molar-refractivity contribution in [3.05, 3.63) is 35.6 Å². The first kappa shape index (κ1) is 11.6. The molecular formula is C14H20FN. The minimum atomic E-state index is -0.158. The molecule has 88 valence electrons. The maximum absolute atomic E-state index is 12.8. The van der Waals surface area contributed by atoms with E-state index >= 15 is 0 Å². The van der Waals surface area contributed by atoms with Crippen LogP contribution in [-0.2, 0) is 0 Å². The average Bonchev–Trinajstić information content (AvgIpc) is 3.11. The number of benzene rings is 1. The van der Waals surface area contributed by atoms with E-state index in [9.17, 15) is 4.39 Å². The van der Waals surface area contributed by atoms with Crippen LogP contribution in [0.1, 0.15) is 44.7 Å². The van der Waals surface area contributed by atoms with Gasteiger partial charge in [-0.25, -0.2) is 4.39 Å². The fraction of sp³-hybridized carbons (Fsp3) is 0.571. The van der Waals surface area contributed by atoms with Gasteiger partial charge in [0.2, 0.25) is 0 Å². The predicted molar refractivity (Wildman–Crippen MR) is 64.8 cm³/mol. The standard InChI is InChI=1S/C14H20FN/c1-3-14(16-10(2)11-4-5-11)12-6-8-13(15)9-7-12/h6-11,14,16H,3-5H2,1-2H3. The molecule has 1 saturated carbocycles. The Labute approximate surface area is 97.1 Å². The first-order valence-corrected chi connectivity index (χ1v) is 6.22. The predicted octanol–water partition coefficient (Wildman–Crippen LogP) is 3.66. The molecule has 0 radical (unpaired) electrons. The molecule has 1 aliphatic rings. The number of hydrogen-bond donors (Lipinski definition) is 1. The van der Waals surface area contributed by atoms with Crippen LogP contribution in [0.3, 0.4) is 0 Å².